The molecule has 2 N–H and O–H groups in total. The van der Waals surface area contributed by atoms with Gasteiger partial charge in [0.15, 0.2) is 6.04 Å². The second-order valence-electron chi connectivity index (χ2n) is 5.73. The number of likely N-dealkylation sites (tertiary alicyclic amines) is 1. The van der Waals surface area contributed by atoms with E-state index in [1.807, 2.05) is 6.92 Å². The molecule has 3 atom stereocenters. The van der Waals surface area contributed by atoms with Gasteiger partial charge in [0.25, 0.3) is 5.91 Å². The number of carbonyl (C=O) groups excluding carboxylic acids is 1. The number of carbonyl (C=O) groups is 1. The minimum absolute atomic E-state index is 0.0208. The Balaban J connectivity index is 2.00. The topological polar surface area (TPSA) is 33.5 Å². The number of rotatable bonds is 3. The molecule has 1 fully saturated rings. The van der Waals surface area contributed by atoms with Crippen molar-refractivity contribution in [2.75, 3.05) is 18.4 Å². The van der Waals surface area contributed by atoms with Crippen molar-refractivity contribution in [2.45, 2.75) is 32.7 Å². The number of amides is 1. The monoisotopic (exact) mass is 315 g/mol. The van der Waals surface area contributed by atoms with E-state index in [0.29, 0.717) is 21.7 Å². The standard InChI is InChI=1S/C15H20Cl2N2O/c1-10-4-3-5-19(9-10)11(2)15(20)18-14-7-12(16)6-13(17)8-14/h6-8,10-11H,3-5,9H2,1-2H3,(H,18,20)/p+1/t10-,11+/m1/s1. The molecule has 0 spiro atoms. The Morgan fingerprint density at radius 3 is 2.60 bits per heavy atom. The van der Waals surface area contributed by atoms with Crippen LogP contribution in [0.4, 0.5) is 5.69 Å². The van der Waals surface area contributed by atoms with Gasteiger partial charge >= 0.3 is 0 Å². The minimum atomic E-state index is -0.0597. The summed E-state index contributed by atoms with van der Waals surface area (Å²) in [6.07, 6.45) is 2.46. The number of anilines is 1. The number of nitrogens with one attached hydrogen (secondary N) is 2. The zero-order valence-corrected chi connectivity index (χ0v) is 13.4. The quantitative estimate of drug-likeness (QED) is 0.883. The molecule has 1 amide bonds. The fourth-order valence-corrected chi connectivity index (χ4v) is 3.31. The fraction of sp³-hybridized carbons (Fsp3) is 0.533. The highest BCUT2D eigenvalue weighted by atomic mass is 35.5. The van der Waals surface area contributed by atoms with Crippen LogP contribution in [-0.4, -0.2) is 25.0 Å². The predicted octanol–water partition coefficient (Wildman–Crippen LogP) is 2.64. The van der Waals surface area contributed by atoms with E-state index >= 15 is 0 Å². The average molecular weight is 316 g/mol. The van der Waals surface area contributed by atoms with Crippen molar-refractivity contribution in [1.29, 1.82) is 0 Å². The molecule has 0 aliphatic carbocycles. The van der Waals surface area contributed by atoms with Crippen molar-refractivity contribution in [3.8, 4) is 0 Å². The van der Waals surface area contributed by atoms with Gasteiger partial charge in [-0.25, -0.2) is 0 Å². The smallest absolute Gasteiger partial charge is 0.282 e. The second-order valence-corrected chi connectivity index (χ2v) is 6.60. The van der Waals surface area contributed by atoms with Crippen LogP contribution in [-0.2, 0) is 4.79 Å². The fourth-order valence-electron chi connectivity index (χ4n) is 2.78. The van der Waals surface area contributed by atoms with Crippen molar-refractivity contribution in [3.63, 3.8) is 0 Å². The van der Waals surface area contributed by atoms with E-state index < -0.39 is 0 Å². The van der Waals surface area contributed by atoms with E-state index in [1.165, 1.54) is 17.7 Å². The second kappa shape index (κ2) is 6.79. The summed E-state index contributed by atoms with van der Waals surface area (Å²) in [4.78, 5) is 13.7. The summed E-state index contributed by atoms with van der Waals surface area (Å²) < 4.78 is 0. The van der Waals surface area contributed by atoms with Crippen LogP contribution in [0.1, 0.15) is 26.7 Å². The maximum Gasteiger partial charge on any atom is 0.282 e. The summed E-state index contributed by atoms with van der Waals surface area (Å²) in [6.45, 7) is 6.36. The third-order valence-corrected chi connectivity index (χ3v) is 4.38. The molecular formula is C15H21Cl2N2O+. The van der Waals surface area contributed by atoms with Gasteiger partial charge in [-0.15, -0.1) is 0 Å². The van der Waals surface area contributed by atoms with Gasteiger partial charge < -0.3 is 10.2 Å². The summed E-state index contributed by atoms with van der Waals surface area (Å²) in [5.74, 6) is 0.710. The van der Waals surface area contributed by atoms with Crippen molar-refractivity contribution in [3.05, 3.63) is 28.2 Å². The normalized spacial score (nSPS) is 24.2. The Labute approximate surface area is 130 Å². The Morgan fingerprint density at radius 2 is 2.00 bits per heavy atom. The van der Waals surface area contributed by atoms with Crippen molar-refractivity contribution >= 4 is 34.8 Å². The van der Waals surface area contributed by atoms with E-state index in [9.17, 15) is 4.79 Å². The molecule has 3 nitrogen and oxygen atoms in total. The first-order valence-electron chi connectivity index (χ1n) is 7.07. The van der Waals surface area contributed by atoms with Crippen LogP contribution in [0.5, 0.6) is 0 Å². The summed E-state index contributed by atoms with van der Waals surface area (Å²) in [6, 6.07) is 5.02. The molecule has 1 aliphatic rings. The lowest BCUT2D eigenvalue weighted by atomic mass is 9.99. The van der Waals surface area contributed by atoms with Crippen molar-refractivity contribution in [1.82, 2.24) is 0 Å². The first kappa shape index (κ1) is 15.6. The number of hydrogen-bond donors (Lipinski definition) is 2. The molecule has 110 valence electrons. The van der Waals surface area contributed by atoms with Crippen LogP contribution < -0.4 is 10.2 Å². The predicted molar refractivity (Wildman–Crippen MR) is 83.6 cm³/mol. The maximum absolute atomic E-state index is 12.3. The van der Waals surface area contributed by atoms with Gasteiger partial charge in [-0.2, -0.15) is 0 Å². The van der Waals surface area contributed by atoms with Crippen molar-refractivity contribution < 1.29 is 9.69 Å². The van der Waals surface area contributed by atoms with Crippen molar-refractivity contribution in [2.24, 2.45) is 5.92 Å². The van der Waals surface area contributed by atoms with E-state index in [1.54, 1.807) is 18.2 Å². The lowest BCUT2D eigenvalue weighted by Gasteiger charge is -2.31. The average Bonchev–Trinajstić information content (AvgIpc) is 2.36. The van der Waals surface area contributed by atoms with Crippen LogP contribution in [0, 0.1) is 5.92 Å². The van der Waals surface area contributed by atoms with Gasteiger partial charge in [0.1, 0.15) is 0 Å². The summed E-state index contributed by atoms with van der Waals surface area (Å²) >= 11 is 11.9. The number of piperidine rings is 1. The van der Waals surface area contributed by atoms with E-state index in [0.717, 1.165) is 13.1 Å². The van der Waals surface area contributed by atoms with E-state index in [-0.39, 0.29) is 11.9 Å². The van der Waals surface area contributed by atoms with Crippen LogP contribution in [0.25, 0.3) is 0 Å². The molecular weight excluding hydrogens is 295 g/mol. The highest BCUT2D eigenvalue weighted by Crippen LogP contribution is 2.22. The lowest BCUT2D eigenvalue weighted by molar-refractivity contribution is -0.922. The number of benzene rings is 1. The van der Waals surface area contributed by atoms with E-state index in [4.69, 9.17) is 23.2 Å². The zero-order chi connectivity index (χ0) is 14.7. The molecule has 0 bridgehead atoms. The molecule has 2 rings (SSSR count). The van der Waals surface area contributed by atoms with Gasteiger partial charge in [-0.3, -0.25) is 4.79 Å². The molecule has 0 aromatic heterocycles. The Kier molecular flexibility index (Phi) is 5.30. The molecule has 1 heterocycles. The van der Waals surface area contributed by atoms with Gasteiger partial charge in [0, 0.05) is 21.7 Å². The Morgan fingerprint density at radius 1 is 1.35 bits per heavy atom. The largest absolute Gasteiger partial charge is 0.325 e. The number of halogens is 2. The molecule has 1 aliphatic heterocycles. The third-order valence-electron chi connectivity index (χ3n) is 3.94. The molecule has 1 aromatic carbocycles. The molecule has 0 radical (unpaired) electrons. The minimum Gasteiger partial charge on any atom is -0.325 e. The maximum atomic E-state index is 12.3. The highest BCUT2D eigenvalue weighted by molar-refractivity contribution is 6.35. The van der Waals surface area contributed by atoms with Crippen LogP contribution in [0.2, 0.25) is 10.0 Å². The van der Waals surface area contributed by atoms with Gasteiger partial charge in [-0.05, 0) is 38.0 Å². The SMILES string of the molecule is C[C@@H]1CCC[NH+]([C@@H](C)C(=O)Nc2cc(Cl)cc(Cl)c2)C1. The van der Waals surface area contributed by atoms with Crippen LogP contribution >= 0.6 is 23.2 Å². The Hall–Kier alpha value is -0.770. The zero-order valence-electron chi connectivity index (χ0n) is 11.9. The molecule has 1 unspecified atom stereocenters. The molecule has 1 aromatic rings. The highest BCUT2D eigenvalue weighted by Gasteiger charge is 2.29. The first-order chi connectivity index (χ1) is 9.45. The molecule has 1 saturated heterocycles. The van der Waals surface area contributed by atoms with Crippen LogP contribution in [0.15, 0.2) is 18.2 Å². The third kappa shape index (κ3) is 4.11. The molecule has 5 heteroatoms. The van der Waals surface area contributed by atoms with Gasteiger partial charge in [0.2, 0.25) is 0 Å². The summed E-state index contributed by atoms with van der Waals surface area (Å²) in [5, 5.41) is 3.96. The van der Waals surface area contributed by atoms with E-state index in [2.05, 4.69) is 12.2 Å². The Bertz CT molecular complexity index is 473. The number of hydrogen-bond acceptors (Lipinski definition) is 1. The molecule has 20 heavy (non-hydrogen) atoms. The summed E-state index contributed by atoms with van der Waals surface area (Å²) in [7, 11) is 0. The first-order valence-corrected chi connectivity index (χ1v) is 7.83. The summed E-state index contributed by atoms with van der Waals surface area (Å²) in [5.41, 5.74) is 0.656. The van der Waals surface area contributed by atoms with Gasteiger partial charge in [-0.1, -0.05) is 30.1 Å². The number of quaternary nitrogens is 1. The van der Waals surface area contributed by atoms with Gasteiger partial charge in [0.05, 0.1) is 13.1 Å². The van der Waals surface area contributed by atoms with Crippen LogP contribution in [0.3, 0.4) is 0 Å². The lowest BCUT2D eigenvalue weighted by Crippen LogP contribution is -3.17. The molecule has 0 saturated carbocycles.